The summed E-state index contributed by atoms with van der Waals surface area (Å²) in [7, 11) is -6.09. The van der Waals surface area contributed by atoms with E-state index in [9.17, 15) is 13.2 Å². The molecule has 22 heavy (non-hydrogen) atoms. The van der Waals surface area contributed by atoms with Crippen molar-refractivity contribution in [1.82, 2.24) is 0 Å². The lowest BCUT2D eigenvalue weighted by atomic mass is 9.90. The van der Waals surface area contributed by atoms with Crippen molar-refractivity contribution < 1.29 is 30.6 Å². The highest BCUT2D eigenvalue weighted by molar-refractivity contribution is 7.86. The molecule has 0 atom stereocenters. The lowest BCUT2D eigenvalue weighted by Crippen LogP contribution is -2.21. The van der Waals surface area contributed by atoms with Gasteiger partial charge in [0.2, 0.25) is 0 Å². The van der Waals surface area contributed by atoms with E-state index in [2.05, 4.69) is 59.7 Å². The zero-order chi connectivity index (χ0) is 18.0. The summed E-state index contributed by atoms with van der Waals surface area (Å²) in [4.78, 5) is 0. The summed E-state index contributed by atoms with van der Waals surface area (Å²) in [5.74, 6) is 2.09. The summed E-state index contributed by atoms with van der Waals surface area (Å²) in [5.41, 5.74) is -5.48. The Morgan fingerprint density at radius 1 is 0.909 bits per heavy atom. The number of hydrogen-bond donors (Lipinski definition) is 0. The molecule has 0 fully saturated rings. The van der Waals surface area contributed by atoms with Crippen LogP contribution in [0, 0.1) is 0 Å². The highest BCUT2D eigenvalue weighted by atomic mass is 32.2. The molecule has 0 saturated carbocycles. The minimum absolute atomic E-state index is 0.0846. The van der Waals surface area contributed by atoms with Gasteiger partial charge in [0.1, 0.15) is 0 Å². The molecule has 128 valence electrons. The van der Waals surface area contributed by atoms with E-state index in [-0.39, 0.29) is 10.8 Å². The van der Waals surface area contributed by atoms with Gasteiger partial charge in [0.05, 0.1) is 10.8 Å². The lowest BCUT2D eigenvalue weighted by molar-refractivity contribution is -0.0517. The smallest absolute Gasteiger partial charge is 0.485 e. The molecular formula is C14H21F3O4S. The molecule has 0 aromatic carbocycles. The number of halogens is 3. The summed E-state index contributed by atoms with van der Waals surface area (Å²) in [6.45, 7) is 13.0. The Balaban J connectivity index is 0.000000472. The van der Waals surface area contributed by atoms with Crippen molar-refractivity contribution in [2.75, 3.05) is 0 Å². The Labute approximate surface area is 129 Å². The molecule has 0 saturated heterocycles. The van der Waals surface area contributed by atoms with Gasteiger partial charge in [-0.3, -0.25) is 0 Å². The van der Waals surface area contributed by atoms with E-state index in [1.165, 1.54) is 0 Å². The van der Waals surface area contributed by atoms with Crippen molar-refractivity contribution in [1.29, 1.82) is 0 Å². The molecule has 0 aliphatic rings. The van der Waals surface area contributed by atoms with Crippen LogP contribution >= 0.6 is 0 Å². The molecule has 0 radical (unpaired) electrons. The Bertz CT molecular complexity index is 564. The second kappa shape index (κ2) is 6.54. The van der Waals surface area contributed by atoms with Crippen LogP contribution in [0.1, 0.15) is 53.1 Å². The minimum atomic E-state index is -6.09. The normalized spacial score (nSPS) is 13.4. The largest absolute Gasteiger partial charge is 0.741 e. The Kier molecular flexibility index (Phi) is 6.19. The minimum Gasteiger partial charge on any atom is -0.741 e. The first-order chi connectivity index (χ1) is 9.46. The summed E-state index contributed by atoms with van der Waals surface area (Å²) in [6, 6.07) is 6.18. The maximum Gasteiger partial charge on any atom is 0.485 e. The van der Waals surface area contributed by atoms with Crippen molar-refractivity contribution in [2.24, 2.45) is 0 Å². The molecule has 8 heteroatoms. The molecule has 0 N–H and O–H groups in total. The first-order valence-electron chi connectivity index (χ1n) is 6.42. The zero-order valence-electron chi connectivity index (χ0n) is 13.4. The average molecular weight is 342 g/mol. The van der Waals surface area contributed by atoms with Crippen LogP contribution in [0.5, 0.6) is 0 Å². The Morgan fingerprint density at radius 2 is 1.18 bits per heavy atom. The number of hydrogen-bond acceptors (Lipinski definition) is 3. The second-order valence-corrected chi connectivity index (χ2v) is 8.13. The fourth-order valence-electron chi connectivity index (χ4n) is 1.22. The molecular weight excluding hydrogens is 321 g/mol. The van der Waals surface area contributed by atoms with Crippen LogP contribution in [0.4, 0.5) is 13.2 Å². The summed E-state index contributed by atoms with van der Waals surface area (Å²) in [6.07, 6.45) is 0. The molecule has 0 amide bonds. The third-order valence-corrected chi connectivity index (χ3v) is 3.04. The molecule has 4 nitrogen and oxygen atoms in total. The van der Waals surface area contributed by atoms with Crippen molar-refractivity contribution in [3.63, 3.8) is 0 Å². The van der Waals surface area contributed by atoms with Gasteiger partial charge in [0, 0.05) is 12.1 Å². The maximum atomic E-state index is 10.7. The molecule has 0 spiro atoms. The fraction of sp³-hybridized carbons (Fsp3) is 0.643. The average Bonchev–Trinajstić information content (AvgIpc) is 2.25. The third kappa shape index (κ3) is 6.74. The van der Waals surface area contributed by atoms with Gasteiger partial charge < -0.3 is 4.55 Å². The van der Waals surface area contributed by atoms with Crippen LogP contribution < -0.4 is 0 Å². The highest BCUT2D eigenvalue weighted by Crippen LogP contribution is 2.28. The molecule has 0 bridgehead atoms. The SMILES string of the molecule is CC(C)(C)c1cccc(C(C)(C)C)[o+]1.O=S(=O)([O-])C(F)(F)F. The van der Waals surface area contributed by atoms with E-state index in [1.54, 1.807) is 0 Å². The van der Waals surface area contributed by atoms with E-state index in [0.29, 0.717) is 0 Å². The van der Waals surface area contributed by atoms with Gasteiger partial charge in [-0.25, -0.2) is 12.8 Å². The first-order valence-corrected chi connectivity index (χ1v) is 7.83. The monoisotopic (exact) mass is 342 g/mol. The summed E-state index contributed by atoms with van der Waals surface area (Å²) >= 11 is 0. The van der Waals surface area contributed by atoms with Crippen LogP contribution in [-0.4, -0.2) is 18.5 Å². The van der Waals surface area contributed by atoms with Crippen LogP contribution in [0.25, 0.3) is 0 Å². The van der Waals surface area contributed by atoms with E-state index in [1.807, 2.05) is 0 Å². The molecule has 1 aromatic rings. The zero-order valence-corrected chi connectivity index (χ0v) is 14.2. The summed E-state index contributed by atoms with van der Waals surface area (Å²) < 4.78 is 64.8. The molecule has 0 aliphatic heterocycles. The first kappa shape index (κ1) is 20.9. The Hall–Kier alpha value is -1.15. The van der Waals surface area contributed by atoms with Crippen molar-refractivity contribution in [2.45, 2.75) is 57.9 Å². The maximum absolute atomic E-state index is 10.7. The van der Waals surface area contributed by atoms with E-state index in [4.69, 9.17) is 17.4 Å². The predicted octanol–water partition coefficient (Wildman–Crippen LogP) is 4.21. The van der Waals surface area contributed by atoms with Gasteiger partial charge in [-0.2, -0.15) is 13.2 Å². The van der Waals surface area contributed by atoms with Gasteiger partial charge in [-0.05, 0) is 47.6 Å². The second-order valence-electron chi connectivity index (χ2n) is 6.76. The Morgan fingerprint density at radius 3 is 1.36 bits per heavy atom. The molecule has 1 rings (SSSR count). The van der Waals surface area contributed by atoms with E-state index >= 15 is 0 Å². The molecule has 0 aliphatic carbocycles. The van der Waals surface area contributed by atoms with E-state index < -0.39 is 15.6 Å². The van der Waals surface area contributed by atoms with Crippen LogP contribution in [0.15, 0.2) is 22.6 Å². The van der Waals surface area contributed by atoms with Gasteiger partial charge in [0.25, 0.3) is 0 Å². The predicted molar refractivity (Wildman–Crippen MR) is 76.3 cm³/mol. The number of alkyl halides is 3. The topological polar surface area (TPSA) is 68.5 Å². The van der Waals surface area contributed by atoms with Gasteiger partial charge in [0.15, 0.2) is 10.1 Å². The van der Waals surface area contributed by atoms with Crippen LogP contribution in [-0.2, 0) is 20.9 Å². The third-order valence-electron chi connectivity index (χ3n) is 2.48. The standard InChI is InChI=1S/C13H21O.CHF3O3S/c1-12(2,3)10-8-7-9-11(14-10)13(4,5)6;2-1(3,4)8(5,6)7/h7-9H,1-6H3;(H,5,6,7)/q+1;/p-1. The molecule has 1 heterocycles. The lowest BCUT2D eigenvalue weighted by Gasteiger charge is -2.12. The van der Waals surface area contributed by atoms with Crippen molar-refractivity contribution >= 4 is 10.1 Å². The van der Waals surface area contributed by atoms with Crippen LogP contribution in [0.3, 0.4) is 0 Å². The van der Waals surface area contributed by atoms with Gasteiger partial charge >= 0.3 is 17.0 Å². The fourth-order valence-corrected chi connectivity index (χ4v) is 1.22. The van der Waals surface area contributed by atoms with Crippen molar-refractivity contribution in [3.8, 4) is 0 Å². The quantitative estimate of drug-likeness (QED) is 0.402. The highest BCUT2D eigenvalue weighted by Gasteiger charge is 2.37. The van der Waals surface area contributed by atoms with Crippen molar-refractivity contribution in [3.05, 3.63) is 29.7 Å². The summed E-state index contributed by atoms with van der Waals surface area (Å²) in [5, 5.41) is 0. The van der Waals surface area contributed by atoms with Gasteiger partial charge in [-0.1, -0.05) is 0 Å². The van der Waals surface area contributed by atoms with Crippen LogP contribution in [0.2, 0.25) is 0 Å². The van der Waals surface area contributed by atoms with Gasteiger partial charge in [-0.15, -0.1) is 0 Å². The molecule has 0 unspecified atom stereocenters. The molecule has 1 aromatic heterocycles. The number of rotatable bonds is 0. The van der Waals surface area contributed by atoms with E-state index in [0.717, 1.165) is 11.5 Å².